The van der Waals surface area contributed by atoms with E-state index in [1.807, 2.05) is 4.90 Å². The van der Waals surface area contributed by atoms with E-state index < -0.39 is 0 Å². The second-order valence-electron chi connectivity index (χ2n) is 4.15. The molecule has 0 atom stereocenters. The molecule has 0 radical (unpaired) electrons. The van der Waals surface area contributed by atoms with Crippen molar-refractivity contribution < 1.29 is 4.79 Å². The van der Waals surface area contributed by atoms with E-state index in [0.717, 1.165) is 32.6 Å². The van der Waals surface area contributed by atoms with E-state index in [2.05, 4.69) is 31.1 Å². The zero-order valence-corrected chi connectivity index (χ0v) is 9.42. The third kappa shape index (κ3) is 3.18. The van der Waals surface area contributed by atoms with Gasteiger partial charge < -0.3 is 15.1 Å². The van der Waals surface area contributed by atoms with Gasteiger partial charge in [0, 0.05) is 32.2 Å². The zero-order valence-electron chi connectivity index (χ0n) is 9.42. The van der Waals surface area contributed by atoms with Gasteiger partial charge in [0.2, 0.25) is 0 Å². The lowest BCUT2D eigenvalue weighted by Crippen LogP contribution is -2.49. The van der Waals surface area contributed by atoms with Crippen molar-refractivity contribution in [1.29, 1.82) is 0 Å². The van der Waals surface area contributed by atoms with Gasteiger partial charge >= 0.3 is 6.03 Å². The second kappa shape index (κ2) is 5.20. The molecule has 4 heteroatoms. The molecule has 1 aliphatic rings. The molecule has 0 saturated carbocycles. The topological polar surface area (TPSA) is 35.6 Å². The molecule has 14 heavy (non-hydrogen) atoms. The Morgan fingerprint density at radius 2 is 2.29 bits per heavy atom. The first-order valence-corrected chi connectivity index (χ1v) is 5.34. The quantitative estimate of drug-likeness (QED) is 0.725. The summed E-state index contributed by atoms with van der Waals surface area (Å²) in [7, 11) is 2.09. The van der Waals surface area contributed by atoms with Crippen LogP contribution in [0.2, 0.25) is 0 Å². The number of likely N-dealkylation sites (N-methyl/N-ethyl adjacent to an activating group) is 1. The number of carbonyl (C=O) groups is 1. The maximum atomic E-state index is 11.4. The van der Waals surface area contributed by atoms with Gasteiger partial charge in [-0.15, -0.1) is 0 Å². The van der Waals surface area contributed by atoms with Gasteiger partial charge in [-0.05, 0) is 27.3 Å². The molecule has 1 heterocycles. The summed E-state index contributed by atoms with van der Waals surface area (Å²) in [4.78, 5) is 15.5. The fourth-order valence-corrected chi connectivity index (χ4v) is 1.43. The first kappa shape index (κ1) is 11.3. The van der Waals surface area contributed by atoms with E-state index in [4.69, 9.17) is 0 Å². The lowest BCUT2D eigenvalue weighted by Gasteiger charge is -2.30. The third-order valence-corrected chi connectivity index (χ3v) is 2.77. The average Bonchev–Trinajstić information content (AvgIpc) is 2.16. The molecule has 0 spiro atoms. The van der Waals surface area contributed by atoms with Crippen LogP contribution in [0, 0.1) is 0 Å². The van der Waals surface area contributed by atoms with Crippen molar-refractivity contribution in [2.45, 2.75) is 26.3 Å². The Bertz CT molecular complexity index is 194. The van der Waals surface area contributed by atoms with E-state index in [1.54, 1.807) is 0 Å². The van der Waals surface area contributed by atoms with Crippen LogP contribution in [0.25, 0.3) is 0 Å². The van der Waals surface area contributed by atoms with Crippen LogP contribution in [0.5, 0.6) is 0 Å². The molecule has 1 aliphatic heterocycles. The van der Waals surface area contributed by atoms with Crippen LogP contribution in [0.15, 0.2) is 0 Å². The smallest absolute Gasteiger partial charge is 0.317 e. The van der Waals surface area contributed by atoms with Gasteiger partial charge in [0.05, 0.1) is 0 Å². The first-order valence-electron chi connectivity index (χ1n) is 5.34. The minimum Gasteiger partial charge on any atom is -0.338 e. The molecular formula is C10H21N3O. The molecule has 0 unspecified atom stereocenters. The Morgan fingerprint density at radius 3 is 2.86 bits per heavy atom. The van der Waals surface area contributed by atoms with E-state index >= 15 is 0 Å². The van der Waals surface area contributed by atoms with Gasteiger partial charge in [-0.3, -0.25) is 0 Å². The summed E-state index contributed by atoms with van der Waals surface area (Å²) in [5, 5.41) is 2.85. The summed E-state index contributed by atoms with van der Waals surface area (Å²) >= 11 is 0. The van der Waals surface area contributed by atoms with Gasteiger partial charge in [-0.1, -0.05) is 0 Å². The fraction of sp³-hybridized carbons (Fsp3) is 0.900. The molecule has 1 N–H and O–H groups in total. The molecule has 0 aromatic rings. The lowest BCUT2D eigenvalue weighted by atomic mass is 10.3. The number of carbonyl (C=O) groups excluding carboxylic acids is 1. The minimum absolute atomic E-state index is 0.0911. The largest absolute Gasteiger partial charge is 0.338 e. The molecule has 0 aromatic heterocycles. The first-order chi connectivity index (χ1) is 6.61. The van der Waals surface area contributed by atoms with Gasteiger partial charge in [0.1, 0.15) is 0 Å². The summed E-state index contributed by atoms with van der Waals surface area (Å²) in [6.07, 6.45) is 1.07. The molecule has 2 amide bonds. The highest BCUT2D eigenvalue weighted by Crippen LogP contribution is 2.00. The van der Waals surface area contributed by atoms with Crippen molar-refractivity contribution >= 4 is 6.03 Å². The van der Waals surface area contributed by atoms with Crippen LogP contribution in [0.4, 0.5) is 4.79 Å². The fourth-order valence-electron chi connectivity index (χ4n) is 1.43. The standard InChI is InChI=1S/C10H21N3O/c1-9(2)12(3)7-8-13-6-4-5-11-10(13)14/h9H,4-8H2,1-3H3,(H,11,14). The van der Waals surface area contributed by atoms with Crippen LogP contribution < -0.4 is 5.32 Å². The Kier molecular flexibility index (Phi) is 4.20. The maximum Gasteiger partial charge on any atom is 0.317 e. The number of nitrogens with zero attached hydrogens (tertiary/aromatic N) is 2. The molecule has 1 rings (SSSR count). The normalized spacial score (nSPS) is 17.8. The summed E-state index contributed by atoms with van der Waals surface area (Å²) in [6.45, 7) is 7.84. The maximum absolute atomic E-state index is 11.4. The molecule has 0 bridgehead atoms. The van der Waals surface area contributed by atoms with Crippen LogP contribution >= 0.6 is 0 Å². The van der Waals surface area contributed by atoms with Crippen molar-refractivity contribution in [2.24, 2.45) is 0 Å². The van der Waals surface area contributed by atoms with Gasteiger partial charge in [-0.2, -0.15) is 0 Å². The second-order valence-corrected chi connectivity index (χ2v) is 4.15. The summed E-state index contributed by atoms with van der Waals surface area (Å²) < 4.78 is 0. The van der Waals surface area contributed by atoms with E-state index in [0.29, 0.717) is 6.04 Å². The number of urea groups is 1. The van der Waals surface area contributed by atoms with Gasteiger partial charge in [0.15, 0.2) is 0 Å². The lowest BCUT2D eigenvalue weighted by molar-refractivity contribution is 0.171. The molecule has 1 fully saturated rings. The minimum atomic E-state index is 0.0911. The Hall–Kier alpha value is -0.770. The van der Waals surface area contributed by atoms with E-state index in [1.165, 1.54) is 0 Å². The van der Waals surface area contributed by atoms with Crippen LogP contribution in [0.3, 0.4) is 0 Å². The number of rotatable bonds is 4. The summed E-state index contributed by atoms with van der Waals surface area (Å²) in [5.74, 6) is 0. The van der Waals surface area contributed by atoms with E-state index in [-0.39, 0.29) is 6.03 Å². The van der Waals surface area contributed by atoms with Crippen LogP contribution in [-0.4, -0.2) is 55.1 Å². The van der Waals surface area contributed by atoms with Crippen LogP contribution in [0.1, 0.15) is 20.3 Å². The number of hydrogen-bond acceptors (Lipinski definition) is 2. The van der Waals surface area contributed by atoms with Gasteiger partial charge in [-0.25, -0.2) is 4.79 Å². The zero-order chi connectivity index (χ0) is 10.6. The third-order valence-electron chi connectivity index (χ3n) is 2.77. The molecule has 0 aromatic carbocycles. The highest BCUT2D eigenvalue weighted by Gasteiger charge is 2.17. The van der Waals surface area contributed by atoms with E-state index in [9.17, 15) is 4.79 Å². The van der Waals surface area contributed by atoms with Crippen molar-refractivity contribution in [3.05, 3.63) is 0 Å². The monoisotopic (exact) mass is 199 g/mol. The van der Waals surface area contributed by atoms with Crippen molar-refractivity contribution in [1.82, 2.24) is 15.1 Å². The number of amides is 2. The Morgan fingerprint density at radius 1 is 1.57 bits per heavy atom. The van der Waals surface area contributed by atoms with Crippen LogP contribution in [-0.2, 0) is 0 Å². The highest BCUT2D eigenvalue weighted by molar-refractivity contribution is 5.74. The highest BCUT2D eigenvalue weighted by atomic mass is 16.2. The SMILES string of the molecule is CC(C)N(C)CCN1CCCNC1=O. The van der Waals surface area contributed by atoms with Gasteiger partial charge in [0.25, 0.3) is 0 Å². The Balaban J connectivity index is 2.26. The number of hydrogen-bond donors (Lipinski definition) is 1. The molecule has 82 valence electrons. The summed E-state index contributed by atoms with van der Waals surface area (Å²) in [6, 6.07) is 0.635. The van der Waals surface area contributed by atoms with Crippen molar-refractivity contribution in [3.8, 4) is 0 Å². The molecule has 1 saturated heterocycles. The average molecular weight is 199 g/mol. The predicted molar refractivity (Wildman–Crippen MR) is 57.4 cm³/mol. The van der Waals surface area contributed by atoms with Crippen molar-refractivity contribution in [2.75, 3.05) is 33.2 Å². The molecular weight excluding hydrogens is 178 g/mol. The molecule has 4 nitrogen and oxygen atoms in total. The number of nitrogens with one attached hydrogen (secondary N) is 1. The predicted octanol–water partition coefficient (Wildman–Crippen LogP) is 0.742. The molecule has 0 aliphatic carbocycles. The van der Waals surface area contributed by atoms with Crippen molar-refractivity contribution in [3.63, 3.8) is 0 Å². The summed E-state index contributed by atoms with van der Waals surface area (Å²) in [5.41, 5.74) is 0. The Labute approximate surface area is 86.2 Å².